The molecule has 6 heteroatoms. The monoisotopic (exact) mass is 308 g/mol. The van der Waals surface area contributed by atoms with Crippen LogP contribution in [-0.4, -0.2) is 26.6 Å². The first-order valence-electron chi connectivity index (χ1n) is 7.35. The molecule has 1 fully saturated rings. The van der Waals surface area contributed by atoms with Gasteiger partial charge in [0, 0.05) is 24.6 Å². The van der Waals surface area contributed by atoms with Gasteiger partial charge in [-0.25, -0.2) is 13.6 Å². The Morgan fingerprint density at radius 3 is 2.62 bits per heavy atom. The number of carbonyl (C=O) groups is 1. The number of hydrogen-bond acceptors (Lipinski definition) is 3. The van der Waals surface area contributed by atoms with Crippen LogP contribution in [0.1, 0.15) is 30.4 Å². The number of amides is 1. The highest BCUT2D eigenvalue weighted by molar-refractivity contribution is 7.89. The van der Waals surface area contributed by atoms with Gasteiger partial charge in [0.05, 0.1) is 5.75 Å². The maximum absolute atomic E-state index is 12.1. The van der Waals surface area contributed by atoms with E-state index in [9.17, 15) is 13.2 Å². The Kier molecular flexibility index (Phi) is 3.75. The van der Waals surface area contributed by atoms with Crippen molar-refractivity contribution in [2.24, 2.45) is 11.1 Å². The van der Waals surface area contributed by atoms with Crippen LogP contribution >= 0.6 is 0 Å². The molecular weight excluding hydrogens is 288 g/mol. The number of fused-ring (bicyclic) bond motifs is 1. The van der Waals surface area contributed by atoms with E-state index in [4.69, 9.17) is 5.14 Å². The molecule has 1 amide bonds. The number of nitrogens with two attached hydrogens (primary N) is 1. The number of rotatable bonds is 3. The lowest BCUT2D eigenvalue weighted by Crippen LogP contribution is -2.27. The second-order valence-electron chi connectivity index (χ2n) is 6.06. The van der Waals surface area contributed by atoms with Crippen LogP contribution in [0.25, 0.3) is 0 Å². The van der Waals surface area contributed by atoms with Crippen molar-refractivity contribution in [3.63, 3.8) is 0 Å². The van der Waals surface area contributed by atoms with Gasteiger partial charge in [-0.2, -0.15) is 0 Å². The van der Waals surface area contributed by atoms with E-state index in [2.05, 4.69) is 12.1 Å². The van der Waals surface area contributed by atoms with Crippen molar-refractivity contribution in [3.05, 3.63) is 29.3 Å². The van der Waals surface area contributed by atoms with Gasteiger partial charge < -0.3 is 4.90 Å². The highest BCUT2D eigenvalue weighted by Crippen LogP contribution is 2.30. The van der Waals surface area contributed by atoms with Crippen molar-refractivity contribution in [1.29, 1.82) is 0 Å². The summed E-state index contributed by atoms with van der Waals surface area (Å²) >= 11 is 0. The quantitative estimate of drug-likeness (QED) is 0.911. The van der Waals surface area contributed by atoms with Crippen LogP contribution in [0, 0.1) is 5.92 Å². The number of hydrogen-bond donors (Lipinski definition) is 1. The zero-order valence-corrected chi connectivity index (χ0v) is 12.7. The van der Waals surface area contributed by atoms with Crippen LogP contribution in [0.15, 0.2) is 18.2 Å². The topological polar surface area (TPSA) is 80.5 Å². The van der Waals surface area contributed by atoms with E-state index in [1.807, 2.05) is 6.07 Å². The van der Waals surface area contributed by atoms with Gasteiger partial charge in [0.15, 0.2) is 0 Å². The fourth-order valence-corrected chi connectivity index (χ4v) is 4.24. The van der Waals surface area contributed by atoms with Crippen molar-refractivity contribution in [1.82, 2.24) is 0 Å². The van der Waals surface area contributed by atoms with Crippen LogP contribution in [0.3, 0.4) is 0 Å². The molecule has 2 N–H and O–H groups in total. The molecule has 3 rings (SSSR count). The predicted molar refractivity (Wildman–Crippen MR) is 81.5 cm³/mol. The minimum absolute atomic E-state index is 0.0144. The SMILES string of the molecule is NS(=O)(=O)CC1CC(=O)N(c2ccc3c(c2)CCCC3)C1. The minimum Gasteiger partial charge on any atom is -0.312 e. The second kappa shape index (κ2) is 5.42. The molecule has 1 aromatic rings. The van der Waals surface area contributed by atoms with E-state index in [0.29, 0.717) is 6.54 Å². The molecule has 1 unspecified atom stereocenters. The minimum atomic E-state index is -3.53. The fraction of sp³-hybridized carbons (Fsp3) is 0.533. The molecule has 2 aliphatic rings. The number of sulfonamides is 1. The zero-order valence-electron chi connectivity index (χ0n) is 11.9. The van der Waals surface area contributed by atoms with Gasteiger partial charge in [-0.15, -0.1) is 0 Å². The smallest absolute Gasteiger partial charge is 0.227 e. The predicted octanol–water partition coefficient (Wildman–Crippen LogP) is 1.21. The van der Waals surface area contributed by atoms with Gasteiger partial charge in [-0.1, -0.05) is 6.07 Å². The molecule has 1 heterocycles. The summed E-state index contributed by atoms with van der Waals surface area (Å²) in [6.45, 7) is 0.439. The molecule has 0 aromatic heterocycles. The van der Waals surface area contributed by atoms with E-state index in [1.54, 1.807) is 4.90 Å². The molecule has 114 valence electrons. The molecule has 0 spiro atoms. The first-order chi connectivity index (χ1) is 9.92. The standard InChI is InChI=1S/C15H20N2O3S/c16-21(19,20)10-11-7-15(18)17(9-11)14-6-5-12-3-1-2-4-13(12)8-14/h5-6,8,11H,1-4,7,9-10H2,(H2,16,19,20). The van der Waals surface area contributed by atoms with Gasteiger partial charge in [0.25, 0.3) is 0 Å². The Morgan fingerprint density at radius 1 is 1.19 bits per heavy atom. The Hall–Kier alpha value is -1.40. The molecular formula is C15H20N2O3S. The van der Waals surface area contributed by atoms with Gasteiger partial charge in [0.1, 0.15) is 0 Å². The number of nitrogens with zero attached hydrogens (tertiary/aromatic N) is 1. The molecule has 1 aromatic carbocycles. The number of carbonyl (C=O) groups excluding carboxylic acids is 1. The summed E-state index contributed by atoms with van der Waals surface area (Å²) in [6, 6.07) is 6.16. The Morgan fingerprint density at radius 2 is 1.90 bits per heavy atom. The van der Waals surface area contributed by atoms with E-state index >= 15 is 0 Å². The second-order valence-corrected chi connectivity index (χ2v) is 7.72. The van der Waals surface area contributed by atoms with Gasteiger partial charge in [0.2, 0.25) is 15.9 Å². The summed E-state index contributed by atoms with van der Waals surface area (Å²) in [7, 11) is -3.53. The van der Waals surface area contributed by atoms with Crippen LogP contribution in [0.5, 0.6) is 0 Å². The van der Waals surface area contributed by atoms with Crippen molar-refractivity contribution in [2.45, 2.75) is 32.1 Å². The summed E-state index contributed by atoms with van der Waals surface area (Å²) in [5.41, 5.74) is 3.58. The third-order valence-electron chi connectivity index (χ3n) is 4.32. The molecule has 1 aliphatic carbocycles. The van der Waals surface area contributed by atoms with E-state index in [1.165, 1.54) is 24.0 Å². The van der Waals surface area contributed by atoms with Gasteiger partial charge in [-0.3, -0.25) is 4.79 Å². The summed E-state index contributed by atoms with van der Waals surface area (Å²) in [5, 5.41) is 5.08. The highest BCUT2D eigenvalue weighted by Gasteiger charge is 2.33. The maximum Gasteiger partial charge on any atom is 0.227 e. The van der Waals surface area contributed by atoms with E-state index < -0.39 is 10.0 Å². The molecule has 1 saturated heterocycles. The molecule has 0 saturated carbocycles. The Labute approximate surface area is 125 Å². The normalized spacial score (nSPS) is 22.4. The molecule has 0 radical (unpaired) electrons. The first kappa shape index (κ1) is 14.5. The van der Waals surface area contributed by atoms with Gasteiger partial charge in [-0.05, 0) is 48.9 Å². The van der Waals surface area contributed by atoms with Crippen molar-refractivity contribution in [3.8, 4) is 0 Å². The van der Waals surface area contributed by atoms with Crippen molar-refractivity contribution < 1.29 is 13.2 Å². The molecule has 21 heavy (non-hydrogen) atoms. The summed E-state index contributed by atoms with van der Waals surface area (Å²) in [5.74, 6) is -0.344. The lowest BCUT2D eigenvalue weighted by Gasteiger charge is -2.21. The fourth-order valence-electron chi connectivity index (χ4n) is 3.36. The van der Waals surface area contributed by atoms with Crippen LogP contribution in [-0.2, 0) is 27.7 Å². The summed E-state index contributed by atoms with van der Waals surface area (Å²) in [4.78, 5) is 13.8. The first-order valence-corrected chi connectivity index (χ1v) is 9.06. The third kappa shape index (κ3) is 3.27. The van der Waals surface area contributed by atoms with Gasteiger partial charge >= 0.3 is 0 Å². The molecule has 5 nitrogen and oxygen atoms in total. The highest BCUT2D eigenvalue weighted by atomic mass is 32.2. The zero-order chi connectivity index (χ0) is 15.0. The van der Waals surface area contributed by atoms with Crippen LogP contribution in [0.4, 0.5) is 5.69 Å². The average Bonchev–Trinajstić information content (AvgIpc) is 2.76. The average molecular weight is 308 g/mol. The van der Waals surface area contributed by atoms with Crippen molar-refractivity contribution in [2.75, 3.05) is 17.2 Å². The Balaban J connectivity index is 1.79. The lowest BCUT2D eigenvalue weighted by molar-refractivity contribution is -0.117. The molecule has 1 atom stereocenters. The lowest BCUT2D eigenvalue weighted by atomic mass is 9.91. The number of benzene rings is 1. The van der Waals surface area contributed by atoms with E-state index in [0.717, 1.165) is 18.5 Å². The number of aryl methyl sites for hydroxylation is 2. The summed E-state index contributed by atoms with van der Waals surface area (Å²) in [6.07, 6.45) is 4.85. The largest absolute Gasteiger partial charge is 0.312 e. The molecule has 0 bridgehead atoms. The van der Waals surface area contributed by atoms with E-state index in [-0.39, 0.29) is 24.0 Å². The van der Waals surface area contributed by atoms with Crippen LogP contribution < -0.4 is 10.0 Å². The van der Waals surface area contributed by atoms with Crippen molar-refractivity contribution >= 4 is 21.6 Å². The van der Waals surface area contributed by atoms with Crippen LogP contribution in [0.2, 0.25) is 0 Å². The number of primary sulfonamides is 1. The molecule has 1 aliphatic heterocycles. The summed E-state index contributed by atoms with van der Waals surface area (Å²) < 4.78 is 22.4. The third-order valence-corrected chi connectivity index (χ3v) is 5.25. The Bertz CT molecular complexity index is 669. The maximum atomic E-state index is 12.1. The number of anilines is 1.